The standard InChI is InChI=1S/C23H25BrN4O2S/c1-3-5-13-31-23-26-22-20(27-28-23)17-14-15(24)10-11-18(17)25-21(30-22)16-8-6-7-9-19(16)29-12-4-2/h6-11,14,21,25H,3-5,12-13H2,1-2H3/t21-/m1/s1. The SMILES string of the molecule is CCCCSc1nnc2c(n1)O[C@H](c1ccccc1OCCC)Nc1ccc(Br)cc1-2. The third-order valence-electron chi connectivity index (χ3n) is 4.78. The number of anilines is 1. The number of thioether (sulfide) groups is 1. The smallest absolute Gasteiger partial charge is 0.247 e. The molecule has 0 unspecified atom stereocenters. The fourth-order valence-electron chi connectivity index (χ4n) is 3.22. The Hall–Kier alpha value is -2.32. The largest absolute Gasteiger partial charge is 0.493 e. The molecule has 1 aliphatic rings. The Labute approximate surface area is 195 Å². The lowest BCUT2D eigenvalue weighted by atomic mass is 10.1. The van der Waals surface area contributed by atoms with Gasteiger partial charge in [0.05, 0.1) is 12.2 Å². The zero-order chi connectivity index (χ0) is 21.6. The van der Waals surface area contributed by atoms with Gasteiger partial charge in [0.15, 0.2) is 5.69 Å². The van der Waals surface area contributed by atoms with E-state index in [1.807, 2.05) is 42.5 Å². The fraction of sp³-hybridized carbons (Fsp3) is 0.348. The van der Waals surface area contributed by atoms with Crippen molar-refractivity contribution in [3.05, 3.63) is 52.5 Å². The molecule has 1 aliphatic heterocycles. The summed E-state index contributed by atoms with van der Waals surface area (Å²) in [6.45, 7) is 4.91. The number of ether oxygens (including phenoxy) is 2. The summed E-state index contributed by atoms with van der Waals surface area (Å²) in [5.74, 6) is 2.21. The van der Waals surface area contributed by atoms with Crippen LogP contribution in [0.4, 0.5) is 5.69 Å². The highest BCUT2D eigenvalue weighted by atomic mass is 79.9. The Balaban J connectivity index is 1.75. The van der Waals surface area contributed by atoms with Gasteiger partial charge in [0.25, 0.3) is 0 Å². The van der Waals surface area contributed by atoms with E-state index in [0.29, 0.717) is 23.3 Å². The van der Waals surface area contributed by atoms with Gasteiger partial charge in [-0.15, -0.1) is 10.2 Å². The van der Waals surface area contributed by atoms with Crippen LogP contribution in [0.1, 0.15) is 44.9 Å². The number of nitrogens with zero attached hydrogens (tertiary/aromatic N) is 3. The summed E-state index contributed by atoms with van der Waals surface area (Å²) in [4.78, 5) is 4.71. The number of benzene rings is 2. The van der Waals surface area contributed by atoms with E-state index in [1.54, 1.807) is 11.8 Å². The molecule has 2 aromatic carbocycles. The van der Waals surface area contributed by atoms with E-state index in [9.17, 15) is 0 Å². The Morgan fingerprint density at radius 2 is 2.00 bits per heavy atom. The predicted molar refractivity (Wildman–Crippen MR) is 128 cm³/mol. The molecule has 0 amide bonds. The summed E-state index contributed by atoms with van der Waals surface area (Å²) in [6, 6.07) is 13.9. The lowest BCUT2D eigenvalue weighted by molar-refractivity contribution is 0.215. The van der Waals surface area contributed by atoms with Crippen molar-refractivity contribution in [1.29, 1.82) is 0 Å². The number of aromatic nitrogens is 3. The van der Waals surface area contributed by atoms with E-state index in [4.69, 9.17) is 14.5 Å². The van der Waals surface area contributed by atoms with Gasteiger partial charge in [0.2, 0.25) is 17.3 Å². The van der Waals surface area contributed by atoms with Crippen LogP contribution < -0.4 is 14.8 Å². The van der Waals surface area contributed by atoms with Crippen LogP contribution in [0.25, 0.3) is 11.3 Å². The van der Waals surface area contributed by atoms with Gasteiger partial charge in [-0.05, 0) is 43.2 Å². The Bertz CT molecular complexity index is 1050. The van der Waals surface area contributed by atoms with E-state index in [2.05, 4.69) is 45.3 Å². The molecular formula is C23H25BrN4O2S. The summed E-state index contributed by atoms with van der Waals surface area (Å²) in [7, 11) is 0. The number of hydrogen-bond acceptors (Lipinski definition) is 7. The zero-order valence-corrected chi connectivity index (χ0v) is 20.0. The summed E-state index contributed by atoms with van der Waals surface area (Å²) in [5, 5.41) is 13.0. The number of rotatable bonds is 8. The average Bonchev–Trinajstić information content (AvgIpc) is 2.94. The summed E-state index contributed by atoms with van der Waals surface area (Å²) >= 11 is 5.16. The summed E-state index contributed by atoms with van der Waals surface area (Å²) < 4.78 is 13.3. The molecule has 0 aliphatic carbocycles. The van der Waals surface area contributed by atoms with E-state index in [0.717, 1.165) is 52.1 Å². The molecule has 2 heterocycles. The van der Waals surface area contributed by atoms with Gasteiger partial charge in [0, 0.05) is 21.5 Å². The van der Waals surface area contributed by atoms with Crippen LogP contribution in [0.3, 0.4) is 0 Å². The lowest BCUT2D eigenvalue weighted by Crippen LogP contribution is -2.18. The first kappa shape index (κ1) is 21.9. The minimum absolute atomic E-state index is 0.466. The van der Waals surface area contributed by atoms with Crippen molar-refractivity contribution in [2.24, 2.45) is 0 Å². The van der Waals surface area contributed by atoms with E-state index in [-0.39, 0.29) is 0 Å². The van der Waals surface area contributed by atoms with Crippen LogP contribution in [-0.2, 0) is 0 Å². The van der Waals surface area contributed by atoms with Crippen molar-refractivity contribution in [2.75, 3.05) is 17.7 Å². The van der Waals surface area contributed by atoms with Crippen molar-refractivity contribution >= 4 is 33.4 Å². The van der Waals surface area contributed by atoms with Gasteiger partial charge >= 0.3 is 0 Å². The van der Waals surface area contributed by atoms with Crippen molar-refractivity contribution in [3.63, 3.8) is 0 Å². The van der Waals surface area contributed by atoms with Crippen LogP contribution in [0.2, 0.25) is 0 Å². The molecule has 0 spiro atoms. The maximum absolute atomic E-state index is 6.40. The molecule has 4 rings (SSSR count). The molecule has 31 heavy (non-hydrogen) atoms. The van der Waals surface area contributed by atoms with Crippen LogP contribution >= 0.6 is 27.7 Å². The molecule has 1 atom stereocenters. The topological polar surface area (TPSA) is 69.2 Å². The number of hydrogen-bond donors (Lipinski definition) is 1. The first-order valence-electron chi connectivity index (χ1n) is 10.5. The number of halogens is 1. The van der Waals surface area contributed by atoms with E-state index >= 15 is 0 Å². The first-order chi connectivity index (χ1) is 15.2. The van der Waals surface area contributed by atoms with Crippen molar-refractivity contribution in [3.8, 4) is 22.9 Å². The molecule has 3 aromatic rings. The maximum atomic E-state index is 6.40. The second-order valence-electron chi connectivity index (χ2n) is 7.17. The van der Waals surface area contributed by atoms with Gasteiger partial charge in [0.1, 0.15) is 5.75 Å². The molecule has 8 heteroatoms. The number of para-hydroxylation sites is 1. The first-order valence-corrected chi connectivity index (χ1v) is 12.3. The highest BCUT2D eigenvalue weighted by Gasteiger charge is 2.28. The second-order valence-corrected chi connectivity index (χ2v) is 9.15. The molecule has 0 saturated heterocycles. The normalized spacial score (nSPS) is 14.6. The van der Waals surface area contributed by atoms with Crippen LogP contribution in [0, 0.1) is 0 Å². The summed E-state index contributed by atoms with van der Waals surface area (Å²) in [5.41, 5.74) is 3.33. The molecule has 1 aromatic heterocycles. The second kappa shape index (κ2) is 10.3. The molecule has 0 bridgehead atoms. The molecule has 0 fully saturated rings. The molecule has 162 valence electrons. The highest BCUT2D eigenvalue weighted by molar-refractivity contribution is 9.10. The molecule has 1 N–H and O–H groups in total. The van der Waals surface area contributed by atoms with Gasteiger partial charge in [-0.2, -0.15) is 4.98 Å². The van der Waals surface area contributed by atoms with Gasteiger partial charge in [-0.3, -0.25) is 0 Å². The summed E-state index contributed by atoms with van der Waals surface area (Å²) in [6.07, 6.45) is 2.69. The third-order valence-corrected chi connectivity index (χ3v) is 6.20. The molecular weight excluding hydrogens is 476 g/mol. The van der Waals surface area contributed by atoms with Gasteiger partial charge in [-0.1, -0.05) is 60.1 Å². The Morgan fingerprint density at radius 1 is 1.13 bits per heavy atom. The highest BCUT2D eigenvalue weighted by Crippen LogP contribution is 2.42. The average molecular weight is 501 g/mol. The monoisotopic (exact) mass is 500 g/mol. The van der Waals surface area contributed by atoms with Crippen LogP contribution in [0.15, 0.2) is 52.1 Å². The quantitative estimate of drug-likeness (QED) is 0.280. The maximum Gasteiger partial charge on any atom is 0.247 e. The van der Waals surface area contributed by atoms with Crippen molar-refractivity contribution in [1.82, 2.24) is 15.2 Å². The molecule has 0 radical (unpaired) electrons. The van der Waals surface area contributed by atoms with Crippen LogP contribution in [-0.4, -0.2) is 27.5 Å². The van der Waals surface area contributed by atoms with E-state index < -0.39 is 6.23 Å². The van der Waals surface area contributed by atoms with Crippen LogP contribution in [0.5, 0.6) is 11.6 Å². The molecule has 0 saturated carbocycles. The van der Waals surface area contributed by atoms with Crippen molar-refractivity contribution in [2.45, 2.75) is 44.5 Å². The lowest BCUT2D eigenvalue weighted by Gasteiger charge is -2.22. The number of unbranched alkanes of at least 4 members (excludes halogenated alkanes) is 1. The minimum Gasteiger partial charge on any atom is -0.493 e. The number of nitrogens with one attached hydrogen (secondary N) is 1. The zero-order valence-electron chi connectivity index (χ0n) is 17.6. The minimum atomic E-state index is -0.473. The van der Waals surface area contributed by atoms with Crippen molar-refractivity contribution < 1.29 is 9.47 Å². The van der Waals surface area contributed by atoms with Gasteiger partial charge < -0.3 is 14.8 Å². The predicted octanol–water partition coefficient (Wildman–Crippen LogP) is 6.49. The Morgan fingerprint density at radius 3 is 2.84 bits per heavy atom. The third kappa shape index (κ3) is 5.13. The van der Waals surface area contributed by atoms with E-state index in [1.165, 1.54) is 0 Å². The molecule has 6 nitrogen and oxygen atoms in total. The number of fused-ring (bicyclic) bond motifs is 3. The fourth-order valence-corrected chi connectivity index (χ4v) is 4.44. The van der Waals surface area contributed by atoms with Gasteiger partial charge in [-0.25, -0.2) is 0 Å². The Kier molecular flexibility index (Phi) is 7.29.